The van der Waals surface area contributed by atoms with Crippen LogP contribution in [0, 0.1) is 0 Å². The standard InChI is InChI=1S/C23H21NO8/c1-27-15-8-11(9-16(28-2)20(15)26)19(25)17-10-31-22-14(32-17)5-4-12-18(22)24-23-13(6-7-30-23)21(12)29-3/h4-9,17,19,25-26H,10H2,1-3H3/t17-,19-/m1/s1. The molecule has 0 fully saturated rings. The maximum atomic E-state index is 11.0. The number of pyridine rings is 1. The van der Waals surface area contributed by atoms with E-state index in [0.717, 1.165) is 10.8 Å². The number of benzene rings is 2. The van der Waals surface area contributed by atoms with E-state index in [4.69, 9.17) is 28.1 Å². The Morgan fingerprint density at radius 2 is 1.78 bits per heavy atom. The summed E-state index contributed by atoms with van der Waals surface area (Å²) in [6, 6.07) is 8.44. The molecule has 2 atom stereocenters. The van der Waals surface area contributed by atoms with Gasteiger partial charge >= 0.3 is 0 Å². The molecule has 0 saturated heterocycles. The molecule has 0 radical (unpaired) electrons. The van der Waals surface area contributed by atoms with Gasteiger partial charge in [-0.15, -0.1) is 0 Å². The van der Waals surface area contributed by atoms with Crippen LogP contribution in [0.2, 0.25) is 0 Å². The first-order chi connectivity index (χ1) is 15.5. The second kappa shape index (κ2) is 7.69. The number of nitrogens with zero attached hydrogens (tertiary/aromatic N) is 1. The molecule has 0 bridgehead atoms. The van der Waals surface area contributed by atoms with Gasteiger partial charge in [0.15, 0.2) is 29.1 Å². The Labute approximate surface area is 182 Å². The Morgan fingerprint density at radius 3 is 2.47 bits per heavy atom. The second-order valence-electron chi connectivity index (χ2n) is 7.26. The van der Waals surface area contributed by atoms with Crippen molar-refractivity contribution in [3.63, 3.8) is 0 Å². The van der Waals surface area contributed by atoms with Crippen molar-refractivity contribution in [3.05, 3.63) is 42.2 Å². The van der Waals surface area contributed by atoms with Crippen molar-refractivity contribution >= 4 is 22.0 Å². The van der Waals surface area contributed by atoms with Gasteiger partial charge in [-0.05, 0) is 35.9 Å². The molecule has 0 aliphatic carbocycles. The lowest BCUT2D eigenvalue weighted by Gasteiger charge is -2.30. The van der Waals surface area contributed by atoms with Crippen molar-refractivity contribution in [3.8, 4) is 34.5 Å². The lowest BCUT2D eigenvalue weighted by atomic mass is 10.0. The molecule has 0 saturated carbocycles. The number of aromatic nitrogens is 1. The zero-order valence-corrected chi connectivity index (χ0v) is 17.6. The zero-order valence-electron chi connectivity index (χ0n) is 17.6. The molecule has 5 rings (SSSR count). The SMILES string of the molecule is COc1cc([C@@H](O)[C@H]2COc3c(ccc4c(OC)c5ccoc5nc34)O2)cc(OC)c1O. The summed E-state index contributed by atoms with van der Waals surface area (Å²) in [5.41, 5.74) is 1.42. The fourth-order valence-electron chi connectivity index (χ4n) is 3.92. The molecule has 1 aliphatic heterocycles. The van der Waals surface area contributed by atoms with Gasteiger partial charge in [0.2, 0.25) is 11.5 Å². The topological polar surface area (TPSA) is 113 Å². The Hall–Kier alpha value is -3.85. The molecule has 2 aromatic heterocycles. The maximum absolute atomic E-state index is 11.0. The highest BCUT2D eigenvalue weighted by molar-refractivity contribution is 6.02. The van der Waals surface area contributed by atoms with Crippen LogP contribution in [0.5, 0.6) is 34.5 Å². The highest BCUT2D eigenvalue weighted by atomic mass is 16.6. The zero-order chi connectivity index (χ0) is 22.4. The second-order valence-corrected chi connectivity index (χ2v) is 7.26. The molecule has 0 unspecified atom stereocenters. The Kier molecular flexibility index (Phi) is 4.82. The predicted octanol–water partition coefficient (Wildman–Crippen LogP) is 3.59. The molecule has 0 amide bonds. The average molecular weight is 439 g/mol. The van der Waals surface area contributed by atoms with Gasteiger partial charge in [-0.25, -0.2) is 4.98 Å². The third kappa shape index (κ3) is 3.01. The van der Waals surface area contributed by atoms with Crippen LogP contribution in [-0.2, 0) is 0 Å². The Morgan fingerprint density at radius 1 is 1.03 bits per heavy atom. The average Bonchev–Trinajstić information content (AvgIpc) is 3.30. The molecule has 4 aromatic rings. The third-order valence-corrected chi connectivity index (χ3v) is 5.51. The number of hydrogen-bond donors (Lipinski definition) is 2. The van der Waals surface area contributed by atoms with Gasteiger partial charge in [0.25, 0.3) is 0 Å². The number of hydrogen-bond acceptors (Lipinski definition) is 9. The van der Waals surface area contributed by atoms with Gasteiger partial charge < -0.3 is 38.3 Å². The monoisotopic (exact) mass is 439 g/mol. The van der Waals surface area contributed by atoms with E-state index >= 15 is 0 Å². The van der Waals surface area contributed by atoms with Gasteiger partial charge in [-0.2, -0.15) is 0 Å². The number of ether oxygens (including phenoxy) is 5. The van der Waals surface area contributed by atoms with Crippen molar-refractivity contribution in [1.29, 1.82) is 0 Å². The molecule has 9 heteroatoms. The minimum atomic E-state index is -1.07. The first kappa shape index (κ1) is 20.1. The van der Waals surface area contributed by atoms with E-state index in [-0.39, 0.29) is 23.9 Å². The van der Waals surface area contributed by atoms with Gasteiger partial charge in [0.1, 0.15) is 24.0 Å². The van der Waals surface area contributed by atoms with E-state index in [2.05, 4.69) is 4.98 Å². The summed E-state index contributed by atoms with van der Waals surface area (Å²) in [5.74, 6) is 1.73. The quantitative estimate of drug-likeness (QED) is 0.482. The van der Waals surface area contributed by atoms with E-state index in [1.54, 1.807) is 25.5 Å². The van der Waals surface area contributed by atoms with Crippen molar-refractivity contribution < 1.29 is 38.3 Å². The van der Waals surface area contributed by atoms with Crippen molar-refractivity contribution in [2.75, 3.05) is 27.9 Å². The summed E-state index contributed by atoms with van der Waals surface area (Å²) >= 11 is 0. The number of fused-ring (bicyclic) bond motifs is 4. The van der Waals surface area contributed by atoms with Gasteiger partial charge in [0.05, 0.1) is 33.0 Å². The van der Waals surface area contributed by atoms with Crippen molar-refractivity contribution in [2.24, 2.45) is 0 Å². The molecule has 1 aliphatic rings. The van der Waals surface area contributed by atoms with E-state index in [1.165, 1.54) is 26.4 Å². The molecular formula is C23H21NO8. The Balaban J connectivity index is 1.52. The van der Waals surface area contributed by atoms with Crippen LogP contribution < -0.4 is 23.7 Å². The van der Waals surface area contributed by atoms with Crippen molar-refractivity contribution in [2.45, 2.75) is 12.2 Å². The van der Waals surface area contributed by atoms with Crippen LogP contribution in [0.1, 0.15) is 11.7 Å². The maximum Gasteiger partial charge on any atom is 0.230 e. The minimum Gasteiger partial charge on any atom is -0.502 e. The number of rotatable bonds is 5. The third-order valence-electron chi connectivity index (χ3n) is 5.51. The smallest absolute Gasteiger partial charge is 0.230 e. The number of phenols is 1. The van der Waals surface area contributed by atoms with Gasteiger partial charge in [-0.3, -0.25) is 0 Å². The van der Waals surface area contributed by atoms with E-state index in [0.29, 0.717) is 34.0 Å². The van der Waals surface area contributed by atoms with Crippen LogP contribution in [-0.4, -0.2) is 49.2 Å². The molecule has 3 heterocycles. The Bertz CT molecular complexity index is 1290. The molecule has 2 N–H and O–H groups in total. The number of aliphatic hydroxyl groups excluding tert-OH is 1. The van der Waals surface area contributed by atoms with Crippen LogP contribution in [0.25, 0.3) is 22.0 Å². The van der Waals surface area contributed by atoms with E-state index in [1.807, 2.05) is 6.07 Å². The number of aliphatic hydroxyl groups is 1. The van der Waals surface area contributed by atoms with Gasteiger partial charge in [0, 0.05) is 5.39 Å². The van der Waals surface area contributed by atoms with Crippen LogP contribution in [0.4, 0.5) is 0 Å². The molecular weight excluding hydrogens is 418 g/mol. The first-order valence-corrected chi connectivity index (χ1v) is 9.86. The van der Waals surface area contributed by atoms with E-state index < -0.39 is 12.2 Å². The van der Waals surface area contributed by atoms with Crippen LogP contribution in [0.3, 0.4) is 0 Å². The summed E-state index contributed by atoms with van der Waals surface area (Å²) < 4.78 is 33.5. The molecule has 0 spiro atoms. The highest BCUT2D eigenvalue weighted by Gasteiger charge is 2.32. The fourth-order valence-corrected chi connectivity index (χ4v) is 3.92. The number of furan rings is 1. The summed E-state index contributed by atoms with van der Waals surface area (Å²) in [5, 5.41) is 22.6. The van der Waals surface area contributed by atoms with Crippen LogP contribution >= 0.6 is 0 Å². The van der Waals surface area contributed by atoms with E-state index in [9.17, 15) is 10.2 Å². The fraction of sp³-hybridized carbons (Fsp3) is 0.261. The lowest BCUT2D eigenvalue weighted by Crippen LogP contribution is -2.35. The van der Waals surface area contributed by atoms with Gasteiger partial charge in [-0.1, -0.05) is 0 Å². The normalized spacial score (nSPS) is 16.2. The minimum absolute atomic E-state index is 0.0684. The number of aromatic hydroxyl groups is 1. The lowest BCUT2D eigenvalue weighted by molar-refractivity contribution is -0.0108. The summed E-state index contributed by atoms with van der Waals surface area (Å²) in [6.07, 6.45) is -0.236. The van der Waals surface area contributed by atoms with Crippen molar-refractivity contribution in [1.82, 2.24) is 4.98 Å². The number of phenolic OH excluding ortho intramolecular Hbond substituents is 1. The first-order valence-electron chi connectivity index (χ1n) is 9.86. The molecule has 9 nitrogen and oxygen atoms in total. The molecule has 166 valence electrons. The van der Waals surface area contributed by atoms with Crippen LogP contribution in [0.15, 0.2) is 41.0 Å². The largest absolute Gasteiger partial charge is 0.502 e. The molecule has 32 heavy (non-hydrogen) atoms. The highest BCUT2D eigenvalue weighted by Crippen LogP contribution is 2.45. The summed E-state index contributed by atoms with van der Waals surface area (Å²) in [6.45, 7) is 0.0684. The predicted molar refractivity (Wildman–Crippen MR) is 114 cm³/mol. The molecule has 2 aromatic carbocycles. The summed E-state index contributed by atoms with van der Waals surface area (Å²) in [7, 11) is 4.43. The summed E-state index contributed by atoms with van der Waals surface area (Å²) in [4.78, 5) is 4.57. The number of methoxy groups -OCH3 is 3.